The number of guanidine groups is 1. The minimum Gasteiger partial charge on any atom is -0.373 e. The molecule has 2 heterocycles. The van der Waals surface area contributed by atoms with E-state index in [1.165, 1.54) is 0 Å². The summed E-state index contributed by atoms with van der Waals surface area (Å²) in [5.74, 6) is 0.815. The molecule has 25 heavy (non-hydrogen) atoms. The van der Waals surface area contributed by atoms with Crippen LogP contribution in [0.15, 0.2) is 40.7 Å². The van der Waals surface area contributed by atoms with Crippen molar-refractivity contribution in [2.24, 2.45) is 4.99 Å². The molecule has 1 unspecified atom stereocenters. The maximum atomic E-state index is 5.83. The Bertz CT molecular complexity index is 692. The summed E-state index contributed by atoms with van der Waals surface area (Å²) in [5.41, 5.74) is 2.07. The second-order valence-electron chi connectivity index (χ2n) is 6.44. The van der Waals surface area contributed by atoms with Crippen molar-refractivity contribution in [1.29, 1.82) is 0 Å². The summed E-state index contributed by atoms with van der Waals surface area (Å²) in [6.45, 7) is 7.26. The van der Waals surface area contributed by atoms with Crippen LogP contribution in [-0.2, 0) is 11.3 Å². The maximum absolute atomic E-state index is 5.83. The molecule has 2 N–H and O–H groups in total. The lowest BCUT2D eigenvalue weighted by Crippen LogP contribution is -2.45. The minimum atomic E-state index is -0.0855. The van der Waals surface area contributed by atoms with Gasteiger partial charge in [-0.15, -0.1) is 11.3 Å². The van der Waals surface area contributed by atoms with Gasteiger partial charge in [-0.25, -0.2) is 9.98 Å². The molecular formula is C19H26N4OS. The van der Waals surface area contributed by atoms with E-state index in [1.54, 1.807) is 11.3 Å². The molecule has 1 aromatic carbocycles. The maximum Gasteiger partial charge on any atom is 0.191 e. The average Bonchev–Trinajstić information content (AvgIpc) is 3.28. The van der Waals surface area contributed by atoms with E-state index < -0.39 is 0 Å². The van der Waals surface area contributed by atoms with E-state index >= 15 is 0 Å². The zero-order chi connectivity index (χ0) is 17.5. The fourth-order valence-electron chi connectivity index (χ4n) is 2.86. The normalized spacial score (nSPS) is 20.6. The number of ether oxygens (including phenoxy) is 1. The van der Waals surface area contributed by atoms with Gasteiger partial charge in [0.25, 0.3) is 0 Å². The number of benzene rings is 1. The van der Waals surface area contributed by atoms with Gasteiger partial charge in [0.15, 0.2) is 5.96 Å². The number of aliphatic imine (C=N–C) groups is 1. The number of thiazole rings is 1. The van der Waals surface area contributed by atoms with Crippen LogP contribution < -0.4 is 10.6 Å². The molecule has 134 valence electrons. The van der Waals surface area contributed by atoms with Gasteiger partial charge >= 0.3 is 0 Å². The van der Waals surface area contributed by atoms with Crippen molar-refractivity contribution in [3.63, 3.8) is 0 Å². The third-order valence-corrected chi connectivity index (χ3v) is 5.10. The summed E-state index contributed by atoms with van der Waals surface area (Å²) < 4.78 is 5.83. The predicted octanol–water partition coefficient (Wildman–Crippen LogP) is 3.43. The lowest BCUT2D eigenvalue weighted by Gasteiger charge is -2.24. The summed E-state index contributed by atoms with van der Waals surface area (Å²) in [7, 11) is 0. The number of nitrogens with zero attached hydrogens (tertiary/aromatic N) is 2. The third kappa shape index (κ3) is 5.03. The lowest BCUT2D eigenvalue weighted by atomic mass is 10.0. The highest BCUT2D eigenvalue weighted by Crippen LogP contribution is 2.24. The van der Waals surface area contributed by atoms with E-state index in [-0.39, 0.29) is 5.60 Å². The molecule has 1 fully saturated rings. The molecule has 0 bridgehead atoms. The number of hydrogen-bond acceptors (Lipinski definition) is 4. The van der Waals surface area contributed by atoms with Crippen LogP contribution in [0, 0.1) is 0 Å². The van der Waals surface area contributed by atoms with Crippen LogP contribution in [0.2, 0.25) is 0 Å². The lowest BCUT2D eigenvalue weighted by molar-refractivity contribution is 0.0243. The number of aromatic nitrogens is 1. The van der Waals surface area contributed by atoms with E-state index in [4.69, 9.17) is 9.72 Å². The largest absolute Gasteiger partial charge is 0.373 e. The molecule has 5 nitrogen and oxygen atoms in total. The highest BCUT2D eigenvalue weighted by molar-refractivity contribution is 7.09. The monoisotopic (exact) mass is 358 g/mol. The van der Waals surface area contributed by atoms with Crippen molar-refractivity contribution < 1.29 is 4.74 Å². The van der Waals surface area contributed by atoms with Crippen molar-refractivity contribution in [1.82, 2.24) is 15.6 Å². The topological polar surface area (TPSA) is 58.5 Å². The Hall–Kier alpha value is -1.92. The van der Waals surface area contributed by atoms with E-state index in [0.717, 1.165) is 54.8 Å². The zero-order valence-corrected chi connectivity index (χ0v) is 15.7. The fraction of sp³-hybridized carbons (Fsp3) is 0.474. The summed E-state index contributed by atoms with van der Waals surface area (Å²) in [5, 5.41) is 9.80. The molecule has 6 heteroatoms. The Labute approximate surface area is 153 Å². The van der Waals surface area contributed by atoms with Gasteiger partial charge in [0.2, 0.25) is 0 Å². The van der Waals surface area contributed by atoms with E-state index in [9.17, 15) is 0 Å². The zero-order valence-electron chi connectivity index (χ0n) is 14.9. The molecule has 1 aromatic heterocycles. The van der Waals surface area contributed by atoms with Crippen molar-refractivity contribution in [2.45, 2.75) is 38.8 Å². The van der Waals surface area contributed by atoms with Crippen molar-refractivity contribution in [2.75, 3.05) is 19.7 Å². The van der Waals surface area contributed by atoms with Crippen LogP contribution in [0.5, 0.6) is 0 Å². The van der Waals surface area contributed by atoms with Gasteiger partial charge in [0.05, 0.1) is 17.8 Å². The van der Waals surface area contributed by atoms with Crippen LogP contribution in [-0.4, -0.2) is 36.2 Å². The highest BCUT2D eigenvalue weighted by atomic mass is 32.1. The smallest absolute Gasteiger partial charge is 0.191 e. The van der Waals surface area contributed by atoms with Gasteiger partial charge in [0, 0.05) is 30.6 Å². The second-order valence-corrected chi connectivity index (χ2v) is 7.39. The minimum absolute atomic E-state index is 0.0855. The molecule has 1 aliphatic heterocycles. The molecule has 3 rings (SSSR count). The molecule has 1 saturated heterocycles. The van der Waals surface area contributed by atoms with Gasteiger partial charge in [-0.3, -0.25) is 0 Å². The number of rotatable bonds is 6. The van der Waals surface area contributed by atoms with Crippen molar-refractivity contribution in [3.05, 3.63) is 40.7 Å². The first-order valence-corrected chi connectivity index (χ1v) is 9.72. The van der Waals surface area contributed by atoms with Crippen LogP contribution in [0.4, 0.5) is 0 Å². The van der Waals surface area contributed by atoms with Gasteiger partial charge in [-0.05, 0) is 26.7 Å². The quantitative estimate of drug-likeness (QED) is 0.613. The second kappa shape index (κ2) is 8.45. The summed E-state index contributed by atoms with van der Waals surface area (Å²) >= 11 is 1.65. The Kier molecular flexibility index (Phi) is 6.04. The van der Waals surface area contributed by atoms with Crippen molar-refractivity contribution in [3.8, 4) is 11.3 Å². The first-order valence-electron chi connectivity index (χ1n) is 8.84. The molecular weight excluding hydrogens is 332 g/mol. The van der Waals surface area contributed by atoms with Crippen LogP contribution in [0.3, 0.4) is 0 Å². The van der Waals surface area contributed by atoms with E-state index in [2.05, 4.69) is 47.0 Å². The molecule has 0 radical (unpaired) electrons. The van der Waals surface area contributed by atoms with Crippen LogP contribution >= 0.6 is 11.3 Å². The van der Waals surface area contributed by atoms with Gasteiger partial charge < -0.3 is 15.4 Å². The molecule has 1 aliphatic rings. The predicted molar refractivity (Wildman–Crippen MR) is 104 cm³/mol. The van der Waals surface area contributed by atoms with E-state index in [1.807, 2.05) is 18.2 Å². The standard InChI is InChI=1S/C19H26N4OS/c1-3-20-18(22-14-19(2)10-7-11-24-19)21-12-17-23-16(13-25-17)15-8-5-4-6-9-15/h4-6,8-9,13H,3,7,10-12,14H2,1-2H3,(H2,20,21,22). The number of hydrogen-bond donors (Lipinski definition) is 2. The summed E-state index contributed by atoms with van der Waals surface area (Å²) in [4.78, 5) is 9.36. The first kappa shape index (κ1) is 17.9. The van der Waals surface area contributed by atoms with Crippen LogP contribution in [0.1, 0.15) is 31.7 Å². The van der Waals surface area contributed by atoms with Crippen LogP contribution in [0.25, 0.3) is 11.3 Å². The van der Waals surface area contributed by atoms with Gasteiger partial charge in [-0.2, -0.15) is 0 Å². The Morgan fingerprint density at radius 3 is 2.88 bits per heavy atom. The molecule has 0 spiro atoms. The molecule has 0 amide bonds. The average molecular weight is 359 g/mol. The SMILES string of the molecule is CCNC(=NCc1nc(-c2ccccc2)cs1)NCC1(C)CCCO1. The number of nitrogens with one attached hydrogen (secondary N) is 2. The highest BCUT2D eigenvalue weighted by Gasteiger charge is 2.29. The molecule has 1 atom stereocenters. The molecule has 2 aromatic rings. The Morgan fingerprint density at radius 2 is 2.16 bits per heavy atom. The van der Waals surface area contributed by atoms with E-state index in [0.29, 0.717) is 6.54 Å². The fourth-order valence-corrected chi connectivity index (χ4v) is 3.59. The first-order chi connectivity index (χ1) is 12.2. The summed E-state index contributed by atoms with van der Waals surface area (Å²) in [6.07, 6.45) is 2.22. The van der Waals surface area contributed by atoms with Gasteiger partial charge in [-0.1, -0.05) is 30.3 Å². The van der Waals surface area contributed by atoms with Crippen molar-refractivity contribution >= 4 is 17.3 Å². The molecule has 0 aliphatic carbocycles. The third-order valence-electron chi connectivity index (χ3n) is 4.27. The Morgan fingerprint density at radius 1 is 1.32 bits per heavy atom. The summed E-state index contributed by atoms with van der Waals surface area (Å²) in [6, 6.07) is 10.2. The Balaban J connectivity index is 1.60. The van der Waals surface area contributed by atoms with Gasteiger partial charge in [0.1, 0.15) is 5.01 Å². The molecule has 0 saturated carbocycles.